The minimum atomic E-state index is -0.984. The molecule has 0 unspecified atom stereocenters. The molecule has 2 heterocycles. The number of hydrogen-bond donors (Lipinski definition) is 2. The third-order valence-electron chi connectivity index (χ3n) is 4.74. The average Bonchev–Trinajstić information content (AvgIpc) is 3.07. The molecule has 0 bridgehead atoms. The number of rotatable bonds is 6. The van der Waals surface area contributed by atoms with E-state index in [-0.39, 0.29) is 18.9 Å². The van der Waals surface area contributed by atoms with E-state index in [1.807, 2.05) is 12.1 Å². The first-order valence-electron chi connectivity index (χ1n) is 8.99. The standard InChI is InChI=1S/C20H21N3O5S/c1-27-13-7-12(8-14(9-13)28-2)3-4-18(24)22-19-16(10-21)15-5-6-23(20(25)26)11-17(15)29-19/h7-9H,3-6,11H2,1-2H3,(H,22,24)(H,25,26). The highest BCUT2D eigenvalue weighted by Gasteiger charge is 2.27. The third-order valence-corrected chi connectivity index (χ3v) is 5.88. The summed E-state index contributed by atoms with van der Waals surface area (Å²) in [5.74, 6) is 1.10. The number of thiophene rings is 1. The average molecular weight is 415 g/mol. The fraction of sp³-hybridized carbons (Fsp3) is 0.350. The minimum absolute atomic E-state index is 0.211. The van der Waals surface area contributed by atoms with Gasteiger partial charge >= 0.3 is 6.09 Å². The number of carbonyl (C=O) groups is 2. The molecule has 0 fully saturated rings. The van der Waals surface area contributed by atoms with Crippen molar-refractivity contribution in [1.82, 2.24) is 4.90 Å². The fourth-order valence-electron chi connectivity index (χ4n) is 3.23. The number of hydrogen-bond acceptors (Lipinski definition) is 6. The zero-order valence-corrected chi connectivity index (χ0v) is 17.0. The molecule has 1 aliphatic heterocycles. The smallest absolute Gasteiger partial charge is 0.407 e. The molecule has 8 nitrogen and oxygen atoms in total. The maximum atomic E-state index is 12.5. The summed E-state index contributed by atoms with van der Waals surface area (Å²) in [4.78, 5) is 25.8. The van der Waals surface area contributed by atoms with Gasteiger partial charge in [-0.1, -0.05) is 0 Å². The van der Waals surface area contributed by atoms with Crippen LogP contribution < -0.4 is 14.8 Å². The van der Waals surface area contributed by atoms with Crippen molar-refractivity contribution in [3.63, 3.8) is 0 Å². The van der Waals surface area contributed by atoms with Gasteiger partial charge in [-0.15, -0.1) is 11.3 Å². The van der Waals surface area contributed by atoms with Gasteiger partial charge in [0.05, 0.1) is 26.3 Å². The lowest BCUT2D eigenvalue weighted by atomic mass is 10.0. The molecule has 2 N–H and O–H groups in total. The minimum Gasteiger partial charge on any atom is -0.497 e. The van der Waals surface area contributed by atoms with Crippen LogP contribution in [0.25, 0.3) is 0 Å². The van der Waals surface area contributed by atoms with E-state index < -0.39 is 6.09 Å². The van der Waals surface area contributed by atoms with E-state index in [2.05, 4.69) is 11.4 Å². The Balaban J connectivity index is 1.69. The number of fused-ring (bicyclic) bond motifs is 1. The van der Waals surface area contributed by atoms with Crippen LogP contribution in [0.3, 0.4) is 0 Å². The van der Waals surface area contributed by atoms with Crippen molar-refractivity contribution >= 4 is 28.3 Å². The summed E-state index contributed by atoms with van der Waals surface area (Å²) in [6.45, 7) is 0.586. The van der Waals surface area contributed by atoms with Gasteiger partial charge in [0, 0.05) is 23.9 Å². The Hall–Kier alpha value is -3.25. The molecule has 0 saturated carbocycles. The highest BCUT2D eigenvalue weighted by atomic mass is 32.1. The number of nitriles is 1. The Morgan fingerprint density at radius 3 is 2.55 bits per heavy atom. The number of carbonyl (C=O) groups excluding carboxylic acids is 1. The Morgan fingerprint density at radius 1 is 1.28 bits per heavy atom. The maximum Gasteiger partial charge on any atom is 0.407 e. The van der Waals surface area contributed by atoms with Gasteiger partial charge in [0.25, 0.3) is 0 Å². The summed E-state index contributed by atoms with van der Waals surface area (Å²) in [5.41, 5.74) is 2.17. The van der Waals surface area contributed by atoms with E-state index in [1.165, 1.54) is 16.2 Å². The molecule has 2 aromatic rings. The van der Waals surface area contributed by atoms with Crippen LogP contribution in [-0.2, 0) is 24.2 Å². The predicted octanol–water partition coefficient (Wildman–Crippen LogP) is 3.24. The number of benzene rings is 1. The molecular weight excluding hydrogens is 394 g/mol. The van der Waals surface area contributed by atoms with Gasteiger partial charge in [-0.3, -0.25) is 4.79 Å². The van der Waals surface area contributed by atoms with E-state index in [4.69, 9.17) is 9.47 Å². The molecule has 1 aliphatic rings. The van der Waals surface area contributed by atoms with Gasteiger partial charge in [0.1, 0.15) is 22.6 Å². The lowest BCUT2D eigenvalue weighted by Gasteiger charge is -2.23. The number of amides is 2. The molecule has 0 saturated heterocycles. The highest BCUT2D eigenvalue weighted by Crippen LogP contribution is 2.36. The van der Waals surface area contributed by atoms with Crippen molar-refractivity contribution in [3.8, 4) is 17.6 Å². The van der Waals surface area contributed by atoms with Gasteiger partial charge in [0.15, 0.2) is 0 Å². The number of anilines is 1. The first-order valence-corrected chi connectivity index (χ1v) is 9.81. The lowest BCUT2D eigenvalue weighted by Crippen LogP contribution is -2.34. The summed E-state index contributed by atoms with van der Waals surface area (Å²) >= 11 is 1.27. The summed E-state index contributed by atoms with van der Waals surface area (Å²) in [7, 11) is 3.14. The van der Waals surface area contributed by atoms with Crippen LogP contribution in [0.1, 0.15) is 28.0 Å². The monoisotopic (exact) mass is 415 g/mol. The van der Waals surface area contributed by atoms with E-state index in [9.17, 15) is 20.0 Å². The highest BCUT2D eigenvalue weighted by molar-refractivity contribution is 7.16. The summed E-state index contributed by atoms with van der Waals surface area (Å²) in [6.07, 6.45) is 0.201. The van der Waals surface area contributed by atoms with Crippen LogP contribution in [0.4, 0.5) is 9.80 Å². The first-order chi connectivity index (χ1) is 13.9. The Morgan fingerprint density at radius 2 is 1.97 bits per heavy atom. The van der Waals surface area contributed by atoms with Crippen molar-refractivity contribution in [2.24, 2.45) is 0 Å². The number of carboxylic acid groups (broad SMARTS) is 1. The van der Waals surface area contributed by atoms with Crippen LogP contribution in [0.2, 0.25) is 0 Å². The largest absolute Gasteiger partial charge is 0.497 e. The van der Waals surface area contributed by atoms with Crippen molar-refractivity contribution in [1.29, 1.82) is 5.26 Å². The molecule has 0 aliphatic carbocycles. The summed E-state index contributed by atoms with van der Waals surface area (Å²) in [5, 5.41) is 22.0. The first kappa shape index (κ1) is 20.5. The zero-order valence-electron chi connectivity index (χ0n) is 16.2. The van der Waals surface area contributed by atoms with E-state index >= 15 is 0 Å². The number of ether oxygens (including phenoxy) is 2. The van der Waals surface area contributed by atoms with Crippen molar-refractivity contribution < 1.29 is 24.2 Å². The molecule has 1 aromatic heterocycles. The fourth-order valence-corrected chi connectivity index (χ4v) is 4.46. The topological polar surface area (TPSA) is 112 Å². The molecule has 0 spiro atoms. The van der Waals surface area contributed by atoms with Crippen LogP contribution >= 0.6 is 11.3 Å². The molecule has 152 valence electrons. The normalized spacial score (nSPS) is 12.7. The van der Waals surface area contributed by atoms with Crippen LogP contribution in [0, 0.1) is 11.3 Å². The molecule has 0 radical (unpaired) electrons. The van der Waals surface area contributed by atoms with Gasteiger partial charge < -0.3 is 24.8 Å². The Kier molecular flexibility index (Phi) is 6.24. The van der Waals surface area contributed by atoms with E-state index in [1.54, 1.807) is 20.3 Å². The number of aryl methyl sites for hydroxylation is 1. The van der Waals surface area contributed by atoms with Gasteiger partial charge in [-0.25, -0.2) is 4.79 Å². The number of nitrogens with zero attached hydrogens (tertiary/aromatic N) is 2. The molecule has 2 amide bonds. The molecule has 9 heteroatoms. The molecule has 0 atom stereocenters. The second kappa shape index (κ2) is 8.84. The van der Waals surface area contributed by atoms with Gasteiger partial charge in [0.2, 0.25) is 5.91 Å². The lowest BCUT2D eigenvalue weighted by molar-refractivity contribution is -0.116. The Labute approximate surface area is 172 Å². The second-order valence-corrected chi connectivity index (χ2v) is 7.65. The van der Waals surface area contributed by atoms with Crippen LogP contribution in [0.15, 0.2) is 18.2 Å². The number of methoxy groups -OCH3 is 2. The van der Waals surface area contributed by atoms with Crippen molar-refractivity contribution in [3.05, 3.63) is 39.8 Å². The molecule has 1 aromatic carbocycles. The maximum absolute atomic E-state index is 12.5. The van der Waals surface area contributed by atoms with Crippen molar-refractivity contribution in [2.45, 2.75) is 25.8 Å². The van der Waals surface area contributed by atoms with Gasteiger partial charge in [-0.2, -0.15) is 5.26 Å². The Bertz CT molecular complexity index is 957. The summed E-state index contributed by atoms with van der Waals surface area (Å²) in [6, 6.07) is 7.61. The third kappa shape index (κ3) is 4.60. The van der Waals surface area contributed by atoms with E-state index in [0.29, 0.717) is 41.4 Å². The van der Waals surface area contributed by atoms with E-state index in [0.717, 1.165) is 16.0 Å². The zero-order chi connectivity index (χ0) is 21.0. The second-order valence-electron chi connectivity index (χ2n) is 6.54. The van der Waals surface area contributed by atoms with Crippen LogP contribution in [-0.4, -0.2) is 42.8 Å². The molecule has 3 rings (SSSR count). The van der Waals surface area contributed by atoms with Crippen molar-refractivity contribution in [2.75, 3.05) is 26.1 Å². The quantitative estimate of drug-likeness (QED) is 0.749. The SMILES string of the molecule is COc1cc(CCC(=O)Nc2sc3c(c2C#N)CCN(C(=O)O)C3)cc(OC)c1. The predicted molar refractivity (Wildman–Crippen MR) is 108 cm³/mol. The number of nitrogens with one attached hydrogen (secondary N) is 1. The molecular formula is C20H21N3O5S. The molecule has 29 heavy (non-hydrogen) atoms. The summed E-state index contributed by atoms with van der Waals surface area (Å²) < 4.78 is 10.5. The van der Waals surface area contributed by atoms with Gasteiger partial charge in [-0.05, 0) is 36.1 Å². The van der Waals surface area contributed by atoms with Crippen LogP contribution in [0.5, 0.6) is 11.5 Å².